The van der Waals surface area contributed by atoms with Crippen LogP contribution in [0, 0.1) is 5.41 Å². The molecule has 2 aromatic carbocycles. The van der Waals surface area contributed by atoms with E-state index in [-0.39, 0.29) is 11.4 Å². The first-order valence-corrected chi connectivity index (χ1v) is 9.87. The lowest BCUT2D eigenvalue weighted by atomic mass is 9.78. The standard InChI is InChI=1S/C20H20Cl2N6O/c1-20(11-2-12-24-27-23)13-28(19(29)25-17-9-7-16(22)8-10-17)26-18(20)14-3-5-15(21)6-4-14/h3-10H,2,11-13H2,1H3,(H,25,29). The van der Waals surface area contributed by atoms with Gasteiger partial charge in [0.2, 0.25) is 0 Å². The molecule has 9 heteroatoms. The summed E-state index contributed by atoms with van der Waals surface area (Å²) in [6.45, 7) is 2.88. The summed E-state index contributed by atoms with van der Waals surface area (Å²) in [6, 6.07) is 14.0. The first-order valence-electron chi connectivity index (χ1n) is 9.11. The minimum absolute atomic E-state index is 0.322. The van der Waals surface area contributed by atoms with Crippen molar-refractivity contribution >= 4 is 40.6 Å². The number of urea groups is 1. The molecule has 0 aliphatic carbocycles. The van der Waals surface area contributed by atoms with Crippen LogP contribution in [0.1, 0.15) is 25.3 Å². The molecular weight excluding hydrogens is 411 g/mol. The topological polar surface area (TPSA) is 93.5 Å². The van der Waals surface area contributed by atoms with Gasteiger partial charge in [-0.2, -0.15) is 5.10 Å². The zero-order valence-electron chi connectivity index (χ0n) is 15.8. The molecule has 0 spiro atoms. The van der Waals surface area contributed by atoms with E-state index in [2.05, 4.69) is 27.4 Å². The van der Waals surface area contributed by atoms with Crippen molar-refractivity contribution in [3.8, 4) is 0 Å². The molecule has 0 saturated heterocycles. The van der Waals surface area contributed by atoms with Crippen LogP contribution in [0.4, 0.5) is 10.5 Å². The normalized spacial score (nSPS) is 18.2. The minimum atomic E-state index is -0.379. The van der Waals surface area contributed by atoms with Crippen LogP contribution in [-0.4, -0.2) is 29.8 Å². The molecule has 150 valence electrons. The highest BCUT2D eigenvalue weighted by Gasteiger charge is 2.40. The second kappa shape index (κ2) is 9.18. The fourth-order valence-corrected chi connectivity index (χ4v) is 3.57. The molecule has 2 aromatic rings. The van der Waals surface area contributed by atoms with Gasteiger partial charge in [0.25, 0.3) is 0 Å². The Hall–Kier alpha value is -2.73. The highest BCUT2D eigenvalue weighted by Crippen LogP contribution is 2.36. The lowest BCUT2D eigenvalue weighted by Crippen LogP contribution is -2.35. The summed E-state index contributed by atoms with van der Waals surface area (Å²) in [5.41, 5.74) is 10.5. The first-order chi connectivity index (χ1) is 13.9. The number of carbonyl (C=O) groups excluding carboxylic acids is 1. The van der Waals surface area contributed by atoms with Gasteiger partial charge in [-0.25, -0.2) is 9.80 Å². The second-order valence-electron chi connectivity index (χ2n) is 7.07. The maximum Gasteiger partial charge on any atom is 0.342 e. The Balaban J connectivity index is 1.82. The Labute approximate surface area is 178 Å². The molecule has 0 aromatic heterocycles. The quantitative estimate of drug-likeness (QED) is 0.246. The average Bonchev–Trinajstić information content (AvgIpc) is 3.06. The number of nitrogens with zero attached hydrogens (tertiary/aromatic N) is 5. The van der Waals surface area contributed by atoms with Gasteiger partial charge in [0, 0.05) is 32.6 Å². The van der Waals surface area contributed by atoms with Crippen LogP contribution in [-0.2, 0) is 0 Å². The molecule has 2 amide bonds. The number of halogens is 2. The third kappa shape index (κ3) is 5.21. The van der Waals surface area contributed by atoms with Gasteiger partial charge in [0.05, 0.1) is 12.3 Å². The SMILES string of the molecule is CC1(CCCN=[N+]=[N-])CN(C(=O)Nc2ccc(Cl)cc2)N=C1c1ccc(Cl)cc1. The molecule has 0 fully saturated rings. The predicted octanol–water partition coefficient (Wildman–Crippen LogP) is 6.34. The van der Waals surface area contributed by atoms with Crippen molar-refractivity contribution in [1.82, 2.24) is 5.01 Å². The summed E-state index contributed by atoms with van der Waals surface area (Å²) in [5, 5.41) is 13.7. The van der Waals surface area contributed by atoms with E-state index in [9.17, 15) is 4.79 Å². The van der Waals surface area contributed by atoms with Crippen LogP contribution in [0.3, 0.4) is 0 Å². The minimum Gasteiger partial charge on any atom is -0.306 e. The zero-order chi connectivity index (χ0) is 20.9. The highest BCUT2D eigenvalue weighted by atomic mass is 35.5. The largest absolute Gasteiger partial charge is 0.342 e. The van der Waals surface area contributed by atoms with Crippen molar-refractivity contribution in [2.24, 2.45) is 15.6 Å². The van der Waals surface area contributed by atoms with Gasteiger partial charge in [-0.3, -0.25) is 0 Å². The second-order valence-corrected chi connectivity index (χ2v) is 7.94. The lowest BCUT2D eigenvalue weighted by molar-refractivity contribution is 0.206. The molecular formula is C20H20Cl2N6O. The molecule has 0 bridgehead atoms. The number of rotatable bonds is 6. The fourth-order valence-electron chi connectivity index (χ4n) is 3.32. The van der Waals surface area contributed by atoms with Crippen molar-refractivity contribution < 1.29 is 4.79 Å². The number of anilines is 1. The van der Waals surface area contributed by atoms with E-state index in [1.165, 1.54) is 5.01 Å². The molecule has 1 heterocycles. The smallest absolute Gasteiger partial charge is 0.306 e. The molecule has 1 aliphatic heterocycles. The highest BCUT2D eigenvalue weighted by molar-refractivity contribution is 6.31. The summed E-state index contributed by atoms with van der Waals surface area (Å²) in [5.74, 6) is 0. The number of azide groups is 1. The zero-order valence-corrected chi connectivity index (χ0v) is 17.4. The number of benzene rings is 2. The van der Waals surface area contributed by atoms with E-state index >= 15 is 0 Å². The average molecular weight is 431 g/mol. The third-order valence-corrected chi connectivity index (χ3v) is 5.29. The van der Waals surface area contributed by atoms with Gasteiger partial charge in [-0.15, -0.1) is 0 Å². The Bertz CT molecular complexity index is 954. The van der Waals surface area contributed by atoms with E-state index < -0.39 is 0 Å². The Morgan fingerprint density at radius 1 is 1.21 bits per heavy atom. The van der Waals surface area contributed by atoms with Gasteiger partial charge < -0.3 is 5.32 Å². The number of hydrazone groups is 1. The lowest BCUT2D eigenvalue weighted by Gasteiger charge is -2.26. The number of amides is 2. The maximum atomic E-state index is 12.8. The van der Waals surface area contributed by atoms with Crippen molar-refractivity contribution in [3.05, 3.63) is 74.6 Å². The van der Waals surface area contributed by atoms with Gasteiger partial charge in [-0.1, -0.05) is 47.4 Å². The summed E-state index contributed by atoms with van der Waals surface area (Å²) < 4.78 is 0. The van der Waals surface area contributed by atoms with E-state index in [1.807, 2.05) is 12.1 Å². The number of hydrogen-bond donors (Lipinski definition) is 1. The number of carbonyl (C=O) groups is 1. The Morgan fingerprint density at radius 3 is 2.45 bits per heavy atom. The van der Waals surface area contributed by atoms with Crippen molar-refractivity contribution in [2.45, 2.75) is 19.8 Å². The Morgan fingerprint density at radius 2 is 1.83 bits per heavy atom. The van der Waals surface area contributed by atoms with E-state index in [1.54, 1.807) is 36.4 Å². The van der Waals surface area contributed by atoms with E-state index in [0.29, 0.717) is 35.2 Å². The fraction of sp³-hybridized carbons (Fsp3) is 0.300. The molecule has 1 N–H and O–H groups in total. The molecule has 1 aliphatic rings. The molecule has 1 atom stereocenters. The number of hydrogen-bond acceptors (Lipinski definition) is 3. The van der Waals surface area contributed by atoms with Crippen LogP contribution in [0.15, 0.2) is 58.7 Å². The summed E-state index contributed by atoms with van der Waals surface area (Å²) in [6.07, 6.45) is 1.41. The van der Waals surface area contributed by atoms with E-state index in [0.717, 1.165) is 17.7 Å². The molecule has 3 rings (SSSR count). The third-order valence-electron chi connectivity index (χ3n) is 4.79. The van der Waals surface area contributed by atoms with Gasteiger partial charge in [0.15, 0.2) is 0 Å². The molecule has 0 saturated carbocycles. The van der Waals surface area contributed by atoms with Crippen LogP contribution < -0.4 is 5.32 Å². The van der Waals surface area contributed by atoms with Gasteiger partial charge >= 0.3 is 6.03 Å². The first kappa shape index (κ1) is 21.0. The van der Waals surface area contributed by atoms with Crippen molar-refractivity contribution in [3.63, 3.8) is 0 Å². The van der Waals surface area contributed by atoms with E-state index in [4.69, 9.17) is 28.7 Å². The number of nitrogens with one attached hydrogen (secondary N) is 1. The summed E-state index contributed by atoms with van der Waals surface area (Å²) in [4.78, 5) is 15.6. The molecule has 7 nitrogen and oxygen atoms in total. The summed E-state index contributed by atoms with van der Waals surface area (Å²) >= 11 is 11.9. The van der Waals surface area contributed by atoms with Gasteiger partial charge in [0.1, 0.15) is 0 Å². The van der Waals surface area contributed by atoms with Crippen LogP contribution in [0.25, 0.3) is 10.4 Å². The molecule has 1 unspecified atom stereocenters. The predicted molar refractivity (Wildman–Crippen MR) is 117 cm³/mol. The monoisotopic (exact) mass is 430 g/mol. The maximum absolute atomic E-state index is 12.8. The Kier molecular flexibility index (Phi) is 6.64. The van der Waals surface area contributed by atoms with Gasteiger partial charge in [-0.05, 0) is 60.3 Å². The van der Waals surface area contributed by atoms with Crippen molar-refractivity contribution in [2.75, 3.05) is 18.4 Å². The van der Waals surface area contributed by atoms with Crippen molar-refractivity contribution in [1.29, 1.82) is 0 Å². The molecule has 29 heavy (non-hydrogen) atoms. The summed E-state index contributed by atoms with van der Waals surface area (Å²) in [7, 11) is 0. The van der Waals surface area contributed by atoms with Crippen LogP contribution >= 0.6 is 23.2 Å². The van der Waals surface area contributed by atoms with Crippen LogP contribution in [0.2, 0.25) is 10.0 Å². The molecule has 0 radical (unpaired) electrons. The van der Waals surface area contributed by atoms with Crippen LogP contribution in [0.5, 0.6) is 0 Å².